The van der Waals surface area contributed by atoms with Crippen molar-refractivity contribution in [1.29, 1.82) is 0 Å². The summed E-state index contributed by atoms with van der Waals surface area (Å²) in [5.74, 6) is -1.78. The first-order valence-electron chi connectivity index (χ1n) is 5.20. The molecule has 2 aromatic carbocycles. The average Bonchev–Trinajstić information content (AvgIpc) is 2.34. The fourth-order valence-electron chi connectivity index (χ4n) is 1.87. The fourth-order valence-corrected chi connectivity index (χ4v) is 3.81. The Labute approximate surface area is 119 Å². The van der Waals surface area contributed by atoms with Gasteiger partial charge in [-0.3, -0.25) is 9.11 Å². The number of fused-ring (bicyclic) bond motifs is 1. The normalized spacial score (nSPS) is 12.5. The van der Waals surface area contributed by atoms with Crippen LogP contribution in [-0.2, 0) is 20.2 Å². The van der Waals surface area contributed by atoms with E-state index < -0.39 is 41.6 Å². The molecule has 0 heterocycles. The monoisotopic (exact) mass is 331 g/mol. The van der Waals surface area contributed by atoms with Crippen molar-refractivity contribution >= 4 is 37.0 Å². The molecule has 3 N–H and O–H groups in total. The van der Waals surface area contributed by atoms with Crippen LogP contribution in [0.15, 0.2) is 34.1 Å². The first-order valence-corrected chi connectivity index (χ1v) is 8.08. The maximum absolute atomic E-state index is 11.4. The van der Waals surface area contributed by atoms with E-state index in [-0.39, 0.29) is 10.8 Å². The molecule has 21 heavy (non-hydrogen) atoms. The summed E-state index contributed by atoms with van der Waals surface area (Å²) in [6, 6.07) is 7.43. The van der Waals surface area contributed by atoms with Crippen molar-refractivity contribution in [3.05, 3.63) is 35.9 Å². The smallest absolute Gasteiger partial charge is 0.337 e. The molecule has 0 bridgehead atoms. The number of aromatic carboxylic acids is 1. The third-order valence-corrected chi connectivity index (χ3v) is 4.48. The molecular weight excluding hydrogens is 324 g/mol. The van der Waals surface area contributed by atoms with Gasteiger partial charge in [0.15, 0.2) is 0 Å². The van der Waals surface area contributed by atoms with Crippen LogP contribution in [0.5, 0.6) is 0 Å². The lowest BCUT2D eigenvalue weighted by molar-refractivity contribution is 0.0694. The minimum absolute atomic E-state index is 0.0464. The lowest BCUT2D eigenvalue weighted by Crippen LogP contribution is -2.15. The number of hydrogen-bond donors (Lipinski definition) is 3. The van der Waals surface area contributed by atoms with Gasteiger partial charge in [0.1, 0.15) is 9.79 Å². The number of carboxylic acids is 1. The summed E-state index contributed by atoms with van der Waals surface area (Å²) in [5, 5.41) is 8.96. The van der Waals surface area contributed by atoms with E-state index in [1.165, 1.54) is 24.3 Å². The zero-order valence-corrected chi connectivity index (χ0v) is 11.6. The molecule has 2 rings (SSSR count). The van der Waals surface area contributed by atoms with E-state index >= 15 is 0 Å². The molecule has 0 aliphatic carbocycles. The Morgan fingerprint density at radius 3 is 2.05 bits per heavy atom. The zero-order valence-electron chi connectivity index (χ0n) is 10.0. The highest BCUT2D eigenvalue weighted by atomic mass is 32.2. The molecule has 1 radical (unpaired) electrons. The second-order valence-electron chi connectivity index (χ2n) is 3.96. The molecule has 111 valence electrons. The van der Waals surface area contributed by atoms with Crippen LogP contribution in [0.4, 0.5) is 0 Å². The van der Waals surface area contributed by atoms with Crippen LogP contribution in [-0.4, -0.2) is 37.0 Å². The van der Waals surface area contributed by atoms with Gasteiger partial charge in [-0.2, -0.15) is 16.8 Å². The van der Waals surface area contributed by atoms with Crippen molar-refractivity contribution in [1.82, 2.24) is 0 Å². The van der Waals surface area contributed by atoms with Gasteiger partial charge in [0.25, 0.3) is 20.2 Å². The Hall–Kier alpha value is -2.01. The Morgan fingerprint density at radius 1 is 1.00 bits per heavy atom. The highest BCUT2D eigenvalue weighted by Crippen LogP contribution is 2.31. The van der Waals surface area contributed by atoms with E-state index in [1.807, 2.05) is 0 Å². The van der Waals surface area contributed by atoms with Gasteiger partial charge in [-0.05, 0) is 10.8 Å². The number of carboxylic acid groups (broad SMARTS) is 1. The zero-order chi connectivity index (χ0) is 16.0. The molecule has 0 saturated carbocycles. The predicted octanol–water partition coefficient (Wildman–Crippen LogP) is 0.832. The molecule has 8 nitrogen and oxygen atoms in total. The molecule has 0 aliphatic rings. The lowest BCUT2D eigenvalue weighted by atomic mass is 10.0. The van der Waals surface area contributed by atoms with Gasteiger partial charge in [0.05, 0.1) is 5.56 Å². The summed E-state index contributed by atoms with van der Waals surface area (Å²) in [6.45, 7) is 0. The summed E-state index contributed by atoms with van der Waals surface area (Å²) in [7, 11) is -10.4. The van der Waals surface area contributed by atoms with E-state index in [1.54, 1.807) is 0 Å². The van der Waals surface area contributed by atoms with E-state index in [4.69, 9.17) is 14.2 Å². The van der Waals surface area contributed by atoms with Gasteiger partial charge >= 0.3 is 5.97 Å². The topological polar surface area (TPSA) is 146 Å². The molecule has 0 atom stereocenters. The second kappa shape index (κ2) is 4.77. The maximum Gasteiger partial charge on any atom is 0.337 e. The molecule has 10 heteroatoms. The van der Waals surface area contributed by atoms with Crippen molar-refractivity contribution in [2.75, 3.05) is 0 Å². The minimum Gasteiger partial charge on any atom is -0.478 e. The van der Waals surface area contributed by atoms with Gasteiger partial charge in [0.2, 0.25) is 0 Å². The molecule has 2 aromatic rings. The standard InChI is InChI=1S/C11H7O8S2/c12-11(13)9-7-4-2-1-3-6(7)5-8(20(14,15)16)10(9)21(17,18)19/h1-4H,(H,12,13)(H,14,15,16)(H,17,18,19). The van der Waals surface area contributed by atoms with E-state index in [0.29, 0.717) is 0 Å². The molecular formula is C11H7O8S2. The van der Waals surface area contributed by atoms with Crippen LogP contribution < -0.4 is 0 Å². The van der Waals surface area contributed by atoms with Gasteiger partial charge < -0.3 is 5.11 Å². The second-order valence-corrected chi connectivity index (χ2v) is 6.68. The number of benzene rings is 2. The van der Waals surface area contributed by atoms with Crippen LogP contribution >= 0.6 is 0 Å². The van der Waals surface area contributed by atoms with E-state index in [0.717, 1.165) is 0 Å². The molecule has 0 amide bonds. The average molecular weight is 331 g/mol. The van der Waals surface area contributed by atoms with Crippen LogP contribution in [0.25, 0.3) is 10.8 Å². The van der Waals surface area contributed by atoms with Crippen molar-refractivity contribution in [2.24, 2.45) is 0 Å². The first-order chi connectivity index (χ1) is 9.53. The van der Waals surface area contributed by atoms with Gasteiger partial charge in [-0.1, -0.05) is 24.3 Å². The Kier molecular flexibility index (Phi) is 3.49. The van der Waals surface area contributed by atoms with Gasteiger partial charge in [0, 0.05) is 6.07 Å². The van der Waals surface area contributed by atoms with Gasteiger partial charge in [-0.25, -0.2) is 4.79 Å². The quantitative estimate of drug-likeness (QED) is 0.701. The summed E-state index contributed by atoms with van der Waals surface area (Å²) in [6.07, 6.45) is 0. The van der Waals surface area contributed by atoms with E-state index in [2.05, 4.69) is 6.07 Å². The van der Waals surface area contributed by atoms with Crippen molar-refractivity contribution < 1.29 is 35.8 Å². The van der Waals surface area contributed by atoms with Crippen molar-refractivity contribution in [3.63, 3.8) is 0 Å². The van der Waals surface area contributed by atoms with E-state index in [9.17, 15) is 21.6 Å². The number of rotatable bonds is 3. The third kappa shape index (κ3) is 2.74. The van der Waals surface area contributed by atoms with Crippen LogP contribution in [0.3, 0.4) is 0 Å². The largest absolute Gasteiger partial charge is 0.478 e. The SMILES string of the molecule is O=C(O)c1c(S(=O)(=O)O)c(S(=O)(=O)O)[c]c2ccccc12. The van der Waals surface area contributed by atoms with Crippen molar-refractivity contribution in [2.45, 2.75) is 9.79 Å². The molecule has 0 fully saturated rings. The molecule has 0 aliphatic heterocycles. The summed E-state index contributed by atoms with van der Waals surface area (Å²) < 4.78 is 63.5. The lowest BCUT2D eigenvalue weighted by Gasteiger charge is -2.11. The van der Waals surface area contributed by atoms with Crippen molar-refractivity contribution in [3.8, 4) is 0 Å². The Morgan fingerprint density at radius 2 is 1.57 bits per heavy atom. The number of carbonyl (C=O) groups is 1. The van der Waals surface area contributed by atoms with Gasteiger partial charge in [-0.15, -0.1) is 0 Å². The summed E-state index contributed by atoms with van der Waals surface area (Å²) >= 11 is 0. The minimum atomic E-state index is -5.24. The third-order valence-electron chi connectivity index (χ3n) is 2.61. The molecule has 0 aromatic heterocycles. The van der Waals surface area contributed by atoms with Crippen LogP contribution in [0, 0.1) is 6.07 Å². The maximum atomic E-state index is 11.4. The summed E-state index contributed by atoms with van der Waals surface area (Å²) in [5.41, 5.74) is -0.959. The van der Waals surface area contributed by atoms with Crippen LogP contribution in [0.1, 0.15) is 10.4 Å². The highest BCUT2D eigenvalue weighted by molar-refractivity contribution is 7.89. The molecule has 0 spiro atoms. The Balaban J connectivity index is 3.22. The fraction of sp³-hybridized carbons (Fsp3) is 0. The predicted molar refractivity (Wildman–Crippen MR) is 69.4 cm³/mol. The number of hydrogen-bond acceptors (Lipinski definition) is 5. The highest BCUT2D eigenvalue weighted by Gasteiger charge is 2.32. The summed E-state index contributed by atoms with van der Waals surface area (Å²) in [4.78, 5) is 8.56. The molecule has 0 unspecified atom stereocenters. The van der Waals surface area contributed by atoms with Crippen LogP contribution in [0.2, 0.25) is 0 Å². The molecule has 0 saturated heterocycles. The Bertz CT molecular complexity index is 957. The first kappa shape index (κ1) is 15.4.